The highest BCUT2D eigenvalue weighted by Crippen LogP contribution is 2.33. The molecular weight excluding hydrogens is 346 g/mol. The fraction of sp³-hybridized carbons (Fsp3) is 0.550. The van der Waals surface area contributed by atoms with Crippen LogP contribution in [0.2, 0.25) is 0 Å². The van der Waals surface area contributed by atoms with Gasteiger partial charge in [-0.25, -0.2) is 0 Å². The number of amides is 3. The SMILES string of the molecule is O=C(CN1C(=O)COc2ccc(C(=O)N3CCCC3)cc21)N1CCCCC1. The predicted octanol–water partition coefficient (Wildman–Crippen LogP) is 1.66. The number of ether oxygens (including phenoxy) is 1. The van der Waals surface area contributed by atoms with E-state index in [0.29, 0.717) is 17.0 Å². The van der Waals surface area contributed by atoms with Gasteiger partial charge < -0.3 is 14.5 Å². The van der Waals surface area contributed by atoms with Gasteiger partial charge in [0.1, 0.15) is 12.3 Å². The van der Waals surface area contributed by atoms with Gasteiger partial charge in [0.25, 0.3) is 11.8 Å². The number of rotatable bonds is 3. The molecule has 0 N–H and O–H groups in total. The summed E-state index contributed by atoms with van der Waals surface area (Å²) in [4.78, 5) is 42.9. The molecule has 2 fully saturated rings. The molecule has 144 valence electrons. The molecule has 4 rings (SSSR count). The van der Waals surface area contributed by atoms with Gasteiger partial charge in [0, 0.05) is 31.7 Å². The van der Waals surface area contributed by atoms with Gasteiger partial charge in [-0.2, -0.15) is 0 Å². The Labute approximate surface area is 158 Å². The summed E-state index contributed by atoms with van der Waals surface area (Å²) in [7, 11) is 0. The lowest BCUT2D eigenvalue weighted by atomic mass is 10.1. The van der Waals surface area contributed by atoms with Gasteiger partial charge in [0.05, 0.1) is 5.69 Å². The van der Waals surface area contributed by atoms with Gasteiger partial charge in [0.2, 0.25) is 5.91 Å². The Bertz CT molecular complexity index is 752. The molecule has 0 aromatic heterocycles. The molecule has 7 nitrogen and oxygen atoms in total. The first-order chi connectivity index (χ1) is 13.1. The molecule has 0 aliphatic carbocycles. The van der Waals surface area contributed by atoms with Crippen LogP contribution >= 0.6 is 0 Å². The number of piperidine rings is 1. The van der Waals surface area contributed by atoms with E-state index in [1.165, 1.54) is 4.90 Å². The highest BCUT2D eigenvalue weighted by atomic mass is 16.5. The number of nitrogens with zero attached hydrogens (tertiary/aromatic N) is 3. The lowest BCUT2D eigenvalue weighted by molar-refractivity contribution is -0.132. The minimum absolute atomic E-state index is 0.00342. The van der Waals surface area contributed by atoms with E-state index in [1.54, 1.807) is 18.2 Å². The molecule has 0 radical (unpaired) electrons. The molecule has 0 atom stereocenters. The maximum Gasteiger partial charge on any atom is 0.265 e. The Kier molecular flexibility index (Phi) is 5.01. The summed E-state index contributed by atoms with van der Waals surface area (Å²) in [5.41, 5.74) is 1.05. The van der Waals surface area contributed by atoms with Gasteiger partial charge in [-0.05, 0) is 50.3 Å². The molecule has 0 bridgehead atoms. The molecule has 0 saturated carbocycles. The van der Waals surface area contributed by atoms with Gasteiger partial charge in [-0.3, -0.25) is 19.3 Å². The van der Waals surface area contributed by atoms with E-state index >= 15 is 0 Å². The first kappa shape index (κ1) is 17.8. The Morgan fingerprint density at radius 2 is 1.59 bits per heavy atom. The van der Waals surface area contributed by atoms with Crippen molar-refractivity contribution in [3.05, 3.63) is 23.8 Å². The third-order valence-corrected chi connectivity index (χ3v) is 5.54. The van der Waals surface area contributed by atoms with Gasteiger partial charge >= 0.3 is 0 Å². The van der Waals surface area contributed by atoms with Crippen molar-refractivity contribution in [2.45, 2.75) is 32.1 Å². The standard InChI is InChI=1S/C20H25N3O4/c24-18(21-8-2-1-3-9-21)13-23-16-12-15(20(26)22-10-4-5-11-22)6-7-17(16)27-14-19(23)25/h6-7,12H,1-5,8-11,13-14H2. The van der Waals surface area contributed by atoms with E-state index in [-0.39, 0.29) is 30.9 Å². The Morgan fingerprint density at radius 3 is 2.33 bits per heavy atom. The second-order valence-electron chi connectivity index (χ2n) is 7.39. The normalized spacial score (nSPS) is 19.7. The summed E-state index contributed by atoms with van der Waals surface area (Å²) >= 11 is 0. The van der Waals surface area contributed by atoms with Crippen LogP contribution in [0.3, 0.4) is 0 Å². The van der Waals surface area contributed by atoms with Crippen molar-refractivity contribution in [3.63, 3.8) is 0 Å². The zero-order valence-electron chi connectivity index (χ0n) is 15.5. The van der Waals surface area contributed by atoms with Crippen molar-refractivity contribution >= 4 is 23.4 Å². The number of fused-ring (bicyclic) bond motifs is 1. The third-order valence-electron chi connectivity index (χ3n) is 5.54. The van der Waals surface area contributed by atoms with Crippen molar-refractivity contribution in [3.8, 4) is 5.75 Å². The van der Waals surface area contributed by atoms with Crippen molar-refractivity contribution < 1.29 is 19.1 Å². The van der Waals surface area contributed by atoms with Crippen LogP contribution in [0.1, 0.15) is 42.5 Å². The van der Waals surface area contributed by atoms with Crippen LogP contribution in [0.15, 0.2) is 18.2 Å². The van der Waals surface area contributed by atoms with Crippen molar-refractivity contribution in [2.24, 2.45) is 0 Å². The van der Waals surface area contributed by atoms with Crippen LogP contribution in [0.5, 0.6) is 5.75 Å². The second-order valence-corrected chi connectivity index (χ2v) is 7.39. The van der Waals surface area contributed by atoms with E-state index in [9.17, 15) is 14.4 Å². The molecule has 2 saturated heterocycles. The molecule has 0 spiro atoms. The van der Waals surface area contributed by atoms with Gasteiger partial charge in [-0.1, -0.05) is 0 Å². The van der Waals surface area contributed by atoms with E-state index in [0.717, 1.165) is 58.3 Å². The van der Waals surface area contributed by atoms with Crippen LogP contribution in [0, 0.1) is 0 Å². The second kappa shape index (κ2) is 7.58. The van der Waals surface area contributed by atoms with Gasteiger partial charge in [0.15, 0.2) is 6.61 Å². The molecule has 7 heteroatoms. The molecule has 3 aliphatic rings. The summed E-state index contributed by atoms with van der Waals surface area (Å²) < 4.78 is 5.51. The molecule has 27 heavy (non-hydrogen) atoms. The summed E-state index contributed by atoms with van der Waals surface area (Å²) in [5, 5.41) is 0. The highest BCUT2D eigenvalue weighted by Gasteiger charge is 2.31. The Balaban J connectivity index is 1.56. The smallest absolute Gasteiger partial charge is 0.265 e. The fourth-order valence-electron chi connectivity index (χ4n) is 3.99. The molecule has 3 aliphatic heterocycles. The topological polar surface area (TPSA) is 70.2 Å². The van der Waals surface area contributed by atoms with Crippen molar-refractivity contribution in [1.82, 2.24) is 9.80 Å². The quantitative estimate of drug-likeness (QED) is 0.810. The van der Waals surface area contributed by atoms with E-state index in [2.05, 4.69) is 0 Å². The number of carbonyl (C=O) groups is 3. The maximum absolute atomic E-state index is 12.7. The average Bonchev–Trinajstić information content (AvgIpc) is 3.24. The lowest BCUT2D eigenvalue weighted by Gasteiger charge is -2.33. The molecule has 3 amide bonds. The first-order valence-electron chi connectivity index (χ1n) is 9.78. The molecule has 3 heterocycles. The summed E-state index contributed by atoms with van der Waals surface area (Å²) in [5.74, 6) is 0.209. The molecular formula is C20H25N3O4. The molecule has 1 aromatic carbocycles. The summed E-state index contributed by atoms with van der Waals surface area (Å²) in [6.07, 6.45) is 5.20. The fourth-order valence-corrected chi connectivity index (χ4v) is 3.99. The molecule has 1 aromatic rings. The Hall–Kier alpha value is -2.57. The third kappa shape index (κ3) is 3.63. The molecule has 0 unspecified atom stereocenters. The van der Waals surface area contributed by atoms with Crippen LogP contribution in [0.4, 0.5) is 5.69 Å². The number of benzene rings is 1. The maximum atomic E-state index is 12.7. The largest absolute Gasteiger partial charge is 0.482 e. The number of anilines is 1. The lowest BCUT2D eigenvalue weighted by Crippen LogP contribution is -2.47. The number of hydrogen-bond acceptors (Lipinski definition) is 4. The van der Waals surface area contributed by atoms with Crippen LogP contribution < -0.4 is 9.64 Å². The van der Waals surface area contributed by atoms with E-state index < -0.39 is 0 Å². The van der Waals surface area contributed by atoms with Crippen LogP contribution in [-0.4, -0.2) is 66.9 Å². The first-order valence-corrected chi connectivity index (χ1v) is 9.78. The number of hydrogen-bond donors (Lipinski definition) is 0. The number of likely N-dealkylation sites (tertiary alicyclic amines) is 2. The minimum Gasteiger partial charge on any atom is -0.482 e. The predicted molar refractivity (Wildman–Crippen MR) is 99.9 cm³/mol. The van der Waals surface area contributed by atoms with Crippen molar-refractivity contribution in [2.75, 3.05) is 44.2 Å². The monoisotopic (exact) mass is 371 g/mol. The highest BCUT2D eigenvalue weighted by molar-refractivity contribution is 6.04. The summed E-state index contributed by atoms with van der Waals surface area (Å²) in [6, 6.07) is 5.15. The van der Waals surface area contributed by atoms with E-state index in [1.807, 2.05) is 9.80 Å². The van der Waals surface area contributed by atoms with Crippen LogP contribution in [0.25, 0.3) is 0 Å². The number of carbonyl (C=O) groups excluding carboxylic acids is 3. The summed E-state index contributed by atoms with van der Waals surface area (Å²) in [6.45, 7) is 2.94. The zero-order valence-corrected chi connectivity index (χ0v) is 15.5. The van der Waals surface area contributed by atoms with Gasteiger partial charge in [-0.15, -0.1) is 0 Å². The van der Waals surface area contributed by atoms with Crippen LogP contribution in [-0.2, 0) is 9.59 Å². The minimum atomic E-state index is -0.251. The van der Waals surface area contributed by atoms with E-state index in [4.69, 9.17) is 4.74 Å². The Morgan fingerprint density at radius 1 is 0.926 bits per heavy atom. The zero-order chi connectivity index (χ0) is 18.8. The average molecular weight is 371 g/mol. The van der Waals surface area contributed by atoms with Crippen molar-refractivity contribution in [1.29, 1.82) is 0 Å².